The maximum absolute atomic E-state index is 5.90. The quantitative estimate of drug-likeness (QED) is 0.692. The van der Waals surface area contributed by atoms with E-state index in [4.69, 9.17) is 9.47 Å². The van der Waals surface area contributed by atoms with Gasteiger partial charge in [-0.1, -0.05) is 26.8 Å². The molecule has 0 spiro atoms. The van der Waals surface area contributed by atoms with Gasteiger partial charge in [-0.15, -0.1) is 0 Å². The van der Waals surface area contributed by atoms with Gasteiger partial charge in [0, 0.05) is 18.2 Å². The topological polar surface area (TPSA) is 30.5 Å². The average Bonchev–Trinajstić information content (AvgIpc) is 2.40. The fraction of sp³-hybridized carbons (Fsp3) is 0.625. The molecule has 1 N–H and O–H groups in total. The molecule has 0 radical (unpaired) electrons. The number of benzene rings is 1. The summed E-state index contributed by atoms with van der Waals surface area (Å²) in [4.78, 5) is 0. The maximum atomic E-state index is 5.90. The van der Waals surface area contributed by atoms with Crippen LogP contribution >= 0.6 is 0 Å². The summed E-state index contributed by atoms with van der Waals surface area (Å²) in [7, 11) is 1.68. The van der Waals surface area contributed by atoms with E-state index in [0.29, 0.717) is 5.92 Å². The molecule has 0 aromatic heterocycles. The van der Waals surface area contributed by atoms with E-state index < -0.39 is 0 Å². The van der Waals surface area contributed by atoms with Gasteiger partial charge >= 0.3 is 0 Å². The van der Waals surface area contributed by atoms with Gasteiger partial charge in [0.05, 0.1) is 13.7 Å². The summed E-state index contributed by atoms with van der Waals surface area (Å²) >= 11 is 0. The van der Waals surface area contributed by atoms with Gasteiger partial charge in [-0.2, -0.15) is 0 Å². The molecule has 0 aliphatic carbocycles. The molecule has 0 unspecified atom stereocenters. The summed E-state index contributed by atoms with van der Waals surface area (Å²) in [6.07, 6.45) is 2.21. The molecule has 0 saturated carbocycles. The summed E-state index contributed by atoms with van der Waals surface area (Å²) in [5.41, 5.74) is 1.19. The minimum absolute atomic E-state index is 0.660. The standard InChI is InChI=1S/C16H27NO2/c1-5-9-17-12-14-6-7-15(18-4)11-16(14)19-10-8-13(2)3/h6-7,11,13,17H,5,8-10,12H2,1-4H3. The summed E-state index contributed by atoms with van der Waals surface area (Å²) in [5.74, 6) is 2.44. The number of nitrogens with one attached hydrogen (secondary N) is 1. The second-order valence-electron chi connectivity index (χ2n) is 5.18. The van der Waals surface area contributed by atoms with Crippen molar-refractivity contribution < 1.29 is 9.47 Å². The molecule has 108 valence electrons. The van der Waals surface area contributed by atoms with Gasteiger partial charge in [0.25, 0.3) is 0 Å². The fourth-order valence-electron chi connectivity index (χ4n) is 1.75. The summed E-state index contributed by atoms with van der Waals surface area (Å²) in [6.45, 7) is 9.20. The maximum Gasteiger partial charge on any atom is 0.127 e. The molecular weight excluding hydrogens is 238 g/mol. The molecule has 0 atom stereocenters. The van der Waals surface area contributed by atoms with Crippen molar-refractivity contribution in [2.75, 3.05) is 20.3 Å². The predicted octanol–water partition coefficient (Wildman–Crippen LogP) is 3.62. The minimum Gasteiger partial charge on any atom is -0.497 e. The number of hydrogen-bond donors (Lipinski definition) is 1. The van der Waals surface area contributed by atoms with Gasteiger partial charge in [-0.05, 0) is 31.4 Å². The summed E-state index contributed by atoms with van der Waals surface area (Å²) < 4.78 is 11.2. The molecule has 0 aliphatic heterocycles. The lowest BCUT2D eigenvalue weighted by atomic mass is 10.1. The molecule has 1 aromatic rings. The molecule has 0 bridgehead atoms. The Bertz CT molecular complexity index is 364. The zero-order chi connectivity index (χ0) is 14.1. The number of hydrogen-bond acceptors (Lipinski definition) is 3. The van der Waals surface area contributed by atoms with Gasteiger partial charge in [0.1, 0.15) is 11.5 Å². The smallest absolute Gasteiger partial charge is 0.127 e. The molecular formula is C16H27NO2. The van der Waals surface area contributed by atoms with Gasteiger partial charge in [0.2, 0.25) is 0 Å². The molecule has 0 fully saturated rings. The highest BCUT2D eigenvalue weighted by Crippen LogP contribution is 2.25. The van der Waals surface area contributed by atoms with Crippen LogP contribution in [-0.4, -0.2) is 20.3 Å². The summed E-state index contributed by atoms with van der Waals surface area (Å²) in [5, 5.41) is 3.41. The van der Waals surface area contributed by atoms with Gasteiger partial charge in [-0.25, -0.2) is 0 Å². The van der Waals surface area contributed by atoms with Crippen LogP contribution in [0.15, 0.2) is 18.2 Å². The van der Waals surface area contributed by atoms with Crippen molar-refractivity contribution >= 4 is 0 Å². The Morgan fingerprint density at radius 2 is 2.05 bits per heavy atom. The van der Waals surface area contributed by atoms with Crippen LogP contribution in [0.1, 0.15) is 39.2 Å². The Morgan fingerprint density at radius 3 is 2.68 bits per heavy atom. The Balaban J connectivity index is 2.65. The molecule has 0 saturated heterocycles. The lowest BCUT2D eigenvalue weighted by Crippen LogP contribution is -2.15. The van der Waals surface area contributed by atoms with Crippen LogP contribution in [0.3, 0.4) is 0 Å². The van der Waals surface area contributed by atoms with Crippen molar-refractivity contribution in [3.8, 4) is 11.5 Å². The van der Waals surface area contributed by atoms with Gasteiger partial charge < -0.3 is 14.8 Å². The number of methoxy groups -OCH3 is 1. The predicted molar refractivity (Wildman–Crippen MR) is 79.9 cm³/mol. The van der Waals surface area contributed by atoms with Crippen LogP contribution in [0.2, 0.25) is 0 Å². The normalized spacial score (nSPS) is 10.8. The summed E-state index contributed by atoms with van der Waals surface area (Å²) in [6, 6.07) is 6.04. The van der Waals surface area contributed by atoms with Crippen molar-refractivity contribution in [2.24, 2.45) is 5.92 Å². The number of rotatable bonds is 9. The minimum atomic E-state index is 0.660. The van der Waals surface area contributed by atoms with E-state index in [2.05, 4.69) is 32.2 Å². The van der Waals surface area contributed by atoms with Crippen LogP contribution in [0.4, 0.5) is 0 Å². The van der Waals surface area contributed by atoms with Gasteiger partial charge in [0.15, 0.2) is 0 Å². The molecule has 1 rings (SSSR count). The third kappa shape index (κ3) is 5.97. The van der Waals surface area contributed by atoms with Crippen LogP contribution in [0, 0.1) is 5.92 Å². The highest BCUT2D eigenvalue weighted by Gasteiger charge is 2.06. The highest BCUT2D eigenvalue weighted by atomic mass is 16.5. The third-order valence-corrected chi connectivity index (χ3v) is 2.97. The molecule has 3 nitrogen and oxygen atoms in total. The Kier molecular flexibility index (Phi) is 7.34. The van der Waals surface area contributed by atoms with Crippen molar-refractivity contribution in [1.82, 2.24) is 5.32 Å². The molecule has 19 heavy (non-hydrogen) atoms. The average molecular weight is 265 g/mol. The van der Waals surface area contributed by atoms with Crippen molar-refractivity contribution in [3.63, 3.8) is 0 Å². The van der Waals surface area contributed by atoms with Crippen molar-refractivity contribution in [3.05, 3.63) is 23.8 Å². The second kappa shape index (κ2) is 8.81. The van der Waals surface area contributed by atoms with E-state index in [1.54, 1.807) is 7.11 Å². The first-order chi connectivity index (χ1) is 9.17. The third-order valence-electron chi connectivity index (χ3n) is 2.97. The Morgan fingerprint density at radius 1 is 1.26 bits per heavy atom. The zero-order valence-electron chi connectivity index (χ0n) is 12.7. The van der Waals surface area contributed by atoms with E-state index in [0.717, 1.165) is 44.0 Å². The van der Waals surface area contributed by atoms with Crippen molar-refractivity contribution in [2.45, 2.75) is 40.2 Å². The van der Waals surface area contributed by atoms with E-state index >= 15 is 0 Å². The Hall–Kier alpha value is -1.22. The first-order valence-electron chi connectivity index (χ1n) is 7.17. The fourth-order valence-corrected chi connectivity index (χ4v) is 1.75. The monoisotopic (exact) mass is 265 g/mol. The number of ether oxygens (including phenoxy) is 2. The lowest BCUT2D eigenvalue weighted by Gasteiger charge is -2.14. The molecule has 1 aromatic carbocycles. The SMILES string of the molecule is CCCNCc1ccc(OC)cc1OCCC(C)C. The molecule has 0 heterocycles. The molecule has 0 aliphatic rings. The first kappa shape index (κ1) is 15.8. The van der Waals surface area contributed by atoms with E-state index in [9.17, 15) is 0 Å². The van der Waals surface area contributed by atoms with Crippen LogP contribution in [0.25, 0.3) is 0 Å². The van der Waals surface area contributed by atoms with Crippen LogP contribution < -0.4 is 14.8 Å². The lowest BCUT2D eigenvalue weighted by molar-refractivity contribution is 0.284. The van der Waals surface area contributed by atoms with E-state index in [1.807, 2.05) is 12.1 Å². The zero-order valence-corrected chi connectivity index (χ0v) is 12.7. The van der Waals surface area contributed by atoms with Gasteiger partial charge in [-0.3, -0.25) is 0 Å². The van der Waals surface area contributed by atoms with Crippen LogP contribution in [0.5, 0.6) is 11.5 Å². The largest absolute Gasteiger partial charge is 0.497 e. The first-order valence-corrected chi connectivity index (χ1v) is 7.17. The molecule has 0 amide bonds. The highest BCUT2D eigenvalue weighted by molar-refractivity contribution is 5.40. The second-order valence-corrected chi connectivity index (χ2v) is 5.18. The Labute approximate surface area is 117 Å². The van der Waals surface area contributed by atoms with E-state index in [-0.39, 0.29) is 0 Å². The van der Waals surface area contributed by atoms with Crippen molar-refractivity contribution in [1.29, 1.82) is 0 Å². The molecule has 3 heteroatoms. The van der Waals surface area contributed by atoms with E-state index in [1.165, 1.54) is 5.56 Å². The van der Waals surface area contributed by atoms with Crippen LogP contribution in [-0.2, 0) is 6.54 Å².